The summed E-state index contributed by atoms with van der Waals surface area (Å²) < 4.78 is 0. The van der Waals surface area contributed by atoms with Crippen LogP contribution in [0, 0.1) is 6.92 Å². The molecule has 2 heterocycles. The van der Waals surface area contributed by atoms with Crippen molar-refractivity contribution in [3.05, 3.63) is 34.3 Å². The van der Waals surface area contributed by atoms with Crippen LogP contribution in [0.4, 0.5) is 0 Å². The molecule has 2 aliphatic rings. The summed E-state index contributed by atoms with van der Waals surface area (Å²) in [5, 5.41) is 1.01. The van der Waals surface area contributed by atoms with E-state index in [9.17, 15) is 0 Å². The number of halogens is 1. The van der Waals surface area contributed by atoms with E-state index in [1.807, 2.05) is 0 Å². The molecular formula is C20H30BCl. The van der Waals surface area contributed by atoms with Crippen LogP contribution in [0.15, 0.2) is 18.2 Å². The molecule has 2 saturated heterocycles. The van der Waals surface area contributed by atoms with Crippen LogP contribution >= 0.6 is 11.6 Å². The summed E-state index contributed by atoms with van der Waals surface area (Å²) in [7, 11) is 0. The average molecular weight is 317 g/mol. The minimum Gasteiger partial charge on any atom is -0.0837 e. The van der Waals surface area contributed by atoms with Gasteiger partial charge in [0.25, 0.3) is 0 Å². The summed E-state index contributed by atoms with van der Waals surface area (Å²) in [5.74, 6) is 3.42. The van der Waals surface area contributed by atoms with Gasteiger partial charge in [0.15, 0.2) is 0 Å². The molecule has 0 N–H and O–H groups in total. The van der Waals surface area contributed by atoms with Crippen molar-refractivity contribution in [1.82, 2.24) is 0 Å². The second-order valence-electron chi connectivity index (χ2n) is 7.83. The van der Waals surface area contributed by atoms with E-state index in [-0.39, 0.29) is 0 Å². The molecule has 0 radical (unpaired) electrons. The highest BCUT2D eigenvalue weighted by Gasteiger charge is 2.47. The van der Waals surface area contributed by atoms with Crippen LogP contribution < -0.4 is 0 Å². The van der Waals surface area contributed by atoms with E-state index in [0.29, 0.717) is 5.92 Å². The molecule has 2 fully saturated rings. The lowest BCUT2D eigenvalue weighted by molar-refractivity contribution is 0.558. The monoisotopic (exact) mass is 316 g/mol. The predicted molar refractivity (Wildman–Crippen MR) is 99.6 cm³/mol. The Morgan fingerprint density at radius 1 is 1.18 bits per heavy atom. The molecule has 0 aromatic heterocycles. The fraction of sp³-hybridized carbons (Fsp3) is 0.700. The van der Waals surface area contributed by atoms with Gasteiger partial charge in [0.05, 0.1) is 0 Å². The van der Waals surface area contributed by atoms with E-state index in [1.54, 1.807) is 0 Å². The van der Waals surface area contributed by atoms with Gasteiger partial charge in [-0.15, -0.1) is 0 Å². The molecular weight excluding hydrogens is 286 g/mol. The van der Waals surface area contributed by atoms with Crippen molar-refractivity contribution >= 4 is 18.3 Å². The molecule has 0 amide bonds. The number of fused-ring (bicyclic) bond motifs is 2. The third-order valence-electron chi connectivity index (χ3n) is 6.62. The molecule has 0 spiro atoms. The zero-order chi connectivity index (χ0) is 15.7. The molecule has 1 aromatic carbocycles. The van der Waals surface area contributed by atoms with Gasteiger partial charge in [0.1, 0.15) is 6.71 Å². The zero-order valence-corrected chi connectivity index (χ0v) is 15.2. The number of benzene rings is 1. The molecule has 3 rings (SSSR count). The molecule has 4 unspecified atom stereocenters. The molecule has 0 saturated carbocycles. The van der Waals surface area contributed by atoms with E-state index in [0.717, 1.165) is 29.2 Å². The Morgan fingerprint density at radius 2 is 1.86 bits per heavy atom. The summed E-state index contributed by atoms with van der Waals surface area (Å²) in [6.07, 6.45) is 10.1. The Balaban J connectivity index is 1.89. The molecule has 0 nitrogen and oxygen atoms in total. The van der Waals surface area contributed by atoms with Crippen LogP contribution in [0.3, 0.4) is 0 Å². The van der Waals surface area contributed by atoms with Gasteiger partial charge in [-0.05, 0) is 24.0 Å². The van der Waals surface area contributed by atoms with Crippen LogP contribution in [-0.2, 0) is 0 Å². The molecule has 2 aliphatic heterocycles. The lowest BCUT2D eigenvalue weighted by Crippen LogP contribution is -2.33. The standard InChI is InChI=1S/C20H30BCl/c1-4-7-19(21-16-9-6-10-17(21)13-12-16)15(3)18-11-5-8-14(2)20(18)22/h5,8,11,15-17,19H,4,6-7,9-10,12-13H2,1-3H3. The van der Waals surface area contributed by atoms with Crippen LogP contribution in [0.25, 0.3) is 0 Å². The maximum absolute atomic E-state index is 6.66. The minimum atomic E-state index is 0.596. The van der Waals surface area contributed by atoms with E-state index in [1.165, 1.54) is 56.1 Å². The summed E-state index contributed by atoms with van der Waals surface area (Å²) in [5.41, 5.74) is 2.62. The van der Waals surface area contributed by atoms with Crippen LogP contribution in [0.5, 0.6) is 0 Å². The van der Waals surface area contributed by atoms with Crippen molar-refractivity contribution in [2.24, 2.45) is 0 Å². The number of aryl methyl sites for hydroxylation is 1. The lowest BCUT2D eigenvalue weighted by atomic mass is 9.26. The Kier molecular flexibility index (Phi) is 5.22. The quantitative estimate of drug-likeness (QED) is 0.506. The lowest BCUT2D eigenvalue weighted by Gasteiger charge is -2.37. The fourth-order valence-electron chi connectivity index (χ4n) is 5.57. The molecule has 4 atom stereocenters. The molecule has 1 aromatic rings. The predicted octanol–water partition coefficient (Wildman–Crippen LogP) is 7.14. The van der Waals surface area contributed by atoms with Gasteiger partial charge in [-0.25, -0.2) is 0 Å². The van der Waals surface area contributed by atoms with E-state index < -0.39 is 0 Å². The Labute approximate surface area is 142 Å². The number of hydrogen-bond donors (Lipinski definition) is 0. The van der Waals surface area contributed by atoms with Gasteiger partial charge < -0.3 is 0 Å². The van der Waals surface area contributed by atoms with E-state index in [4.69, 9.17) is 11.6 Å². The van der Waals surface area contributed by atoms with Crippen molar-refractivity contribution in [3.8, 4) is 0 Å². The SMILES string of the molecule is CCCC(B1C2CCCC1CC2)C(C)c1cccc(C)c1Cl. The van der Waals surface area contributed by atoms with Crippen molar-refractivity contribution in [1.29, 1.82) is 0 Å². The van der Waals surface area contributed by atoms with E-state index >= 15 is 0 Å². The molecule has 22 heavy (non-hydrogen) atoms. The first kappa shape index (κ1) is 16.4. The third-order valence-corrected chi connectivity index (χ3v) is 7.13. The highest BCUT2D eigenvalue weighted by molar-refractivity contribution is 6.65. The Bertz CT molecular complexity index is 496. The summed E-state index contributed by atoms with van der Waals surface area (Å²) in [6.45, 7) is 7.88. The molecule has 2 heteroatoms. The third kappa shape index (κ3) is 2.98. The number of rotatable bonds is 5. The molecule has 2 bridgehead atoms. The smallest absolute Gasteiger partial charge is 0.0837 e. The van der Waals surface area contributed by atoms with Gasteiger partial charge in [0.2, 0.25) is 0 Å². The van der Waals surface area contributed by atoms with Gasteiger partial charge >= 0.3 is 0 Å². The van der Waals surface area contributed by atoms with Gasteiger partial charge in [0, 0.05) is 5.02 Å². The van der Waals surface area contributed by atoms with Gasteiger partial charge in [-0.2, -0.15) is 0 Å². The maximum Gasteiger partial charge on any atom is 0.150 e. The summed E-state index contributed by atoms with van der Waals surface area (Å²) in [4.78, 5) is 0. The van der Waals surface area contributed by atoms with Crippen molar-refractivity contribution in [2.75, 3.05) is 0 Å². The topological polar surface area (TPSA) is 0 Å². The van der Waals surface area contributed by atoms with Crippen LogP contribution in [0.1, 0.15) is 75.8 Å². The normalized spacial score (nSPS) is 27.0. The fourth-order valence-corrected chi connectivity index (χ4v) is 5.87. The summed E-state index contributed by atoms with van der Waals surface area (Å²) >= 11 is 6.66. The number of hydrogen-bond acceptors (Lipinski definition) is 0. The second-order valence-corrected chi connectivity index (χ2v) is 8.20. The molecule has 120 valence electrons. The Morgan fingerprint density at radius 3 is 2.50 bits per heavy atom. The van der Waals surface area contributed by atoms with Crippen LogP contribution in [-0.4, -0.2) is 6.71 Å². The maximum atomic E-state index is 6.66. The first-order valence-electron chi connectivity index (χ1n) is 9.38. The Hall–Kier alpha value is -0.425. The van der Waals surface area contributed by atoms with Crippen molar-refractivity contribution < 1.29 is 0 Å². The summed E-state index contributed by atoms with van der Waals surface area (Å²) in [6, 6.07) is 6.59. The highest BCUT2D eigenvalue weighted by Crippen LogP contribution is 2.56. The highest BCUT2D eigenvalue weighted by atomic mass is 35.5. The largest absolute Gasteiger partial charge is 0.150 e. The van der Waals surface area contributed by atoms with Crippen LogP contribution in [0.2, 0.25) is 22.5 Å². The first-order chi connectivity index (χ1) is 10.6. The second kappa shape index (κ2) is 6.99. The minimum absolute atomic E-state index is 0.596. The van der Waals surface area contributed by atoms with Crippen molar-refractivity contribution in [2.45, 2.75) is 89.1 Å². The first-order valence-corrected chi connectivity index (χ1v) is 9.76. The molecule has 0 aliphatic carbocycles. The van der Waals surface area contributed by atoms with Crippen molar-refractivity contribution in [3.63, 3.8) is 0 Å². The van der Waals surface area contributed by atoms with E-state index in [2.05, 4.69) is 39.0 Å². The van der Waals surface area contributed by atoms with Gasteiger partial charge in [-0.3, -0.25) is 0 Å². The average Bonchev–Trinajstić information content (AvgIpc) is 2.75. The van der Waals surface area contributed by atoms with Gasteiger partial charge in [-0.1, -0.05) is 106 Å². The zero-order valence-electron chi connectivity index (χ0n) is 14.4.